The van der Waals surface area contributed by atoms with E-state index in [1.165, 1.54) is 30.5 Å². The monoisotopic (exact) mass is 400 g/mol. The minimum absolute atomic E-state index is 0.237. The first-order valence-electron chi connectivity index (χ1n) is 8.64. The first-order valence-corrected chi connectivity index (χ1v) is 10.1. The number of anilines is 1. The first kappa shape index (κ1) is 19.9. The van der Waals surface area contributed by atoms with Crippen molar-refractivity contribution in [2.24, 2.45) is 0 Å². The van der Waals surface area contributed by atoms with Gasteiger partial charge in [0.1, 0.15) is 11.6 Å². The van der Waals surface area contributed by atoms with E-state index in [0.29, 0.717) is 23.7 Å². The molecule has 3 rings (SSSR count). The number of benzene rings is 3. The van der Waals surface area contributed by atoms with E-state index in [1.807, 2.05) is 24.3 Å². The van der Waals surface area contributed by atoms with Crippen molar-refractivity contribution in [2.45, 2.75) is 11.4 Å². The lowest BCUT2D eigenvalue weighted by atomic mass is 10.2. The van der Waals surface area contributed by atoms with E-state index in [-0.39, 0.29) is 10.7 Å². The van der Waals surface area contributed by atoms with Crippen molar-refractivity contribution in [1.82, 2.24) is 4.31 Å². The molecule has 0 heterocycles. The van der Waals surface area contributed by atoms with Crippen molar-refractivity contribution in [2.75, 3.05) is 19.4 Å². The average molecular weight is 400 g/mol. The van der Waals surface area contributed by atoms with Crippen molar-refractivity contribution >= 4 is 15.7 Å². The molecule has 0 radical (unpaired) electrons. The molecule has 0 atom stereocenters. The summed E-state index contributed by atoms with van der Waals surface area (Å²) in [4.78, 5) is 0.237. The number of nitrogens with one attached hydrogen (secondary N) is 1. The molecule has 146 valence electrons. The summed E-state index contributed by atoms with van der Waals surface area (Å²) in [7, 11) is -0.489. The Labute approximate surface area is 164 Å². The molecule has 0 aliphatic carbocycles. The fourth-order valence-corrected chi connectivity index (χ4v) is 3.56. The second kappa shape index (κ2) is 8.41. The van der Waals surface area contributed by atoms with E-state index in [4.69, 9.17) is 4.74 Å². The Kier molecular flexibility index (Phi) is 5.96. The Morgan fingerprint density at radius 1 is 0.964 bits per heavy atom. The van der Waals surface area contributed by atoms with Crippen LogP contribution in [0.4, 0.5) is 10.1 Å². The van der Waals surface area contributed by atoms with Crippen LogP contribution in [0.25, 0.3) is 0 Å². The summed E-state index contributed by atoms with van der Waals surface area (Å²) in [5.74, 6) is 0.570. The highest BCUT2D eigenvalue weighted by Crippen LogP contribution is 2.30. The molecule has 0 bridgehead atoms. The second-order valence-corrected chi connectivity index (χ2v) is 8.50. The molecule has 28 heavy (non-hydrogen) atoms. The standard InChI is InChI=1S/C21H21FN2O3S/c1-24(2)28(25,26)19-10-5-7-16(13-19)15-23-20-11-3-4-12-21(20)27-18-9-6-8-17(22)14-18/h3-14,23H,15H2,1-2H3. The van der Waals surface area contributed by atoms with E-state index < -0.39 is 10.0 Å². The lowest BCUT2D eigenvalue weighted by Gasteiger charge is -2.15. The van der Waals surface area contributed by atoms with Gasteiger partial charge in [-0.15, -0.1) is 0 Å². The number of hydrogen-bond acceptors (Lipinski definition) is 4. The summed E-state index contributed by atoms with van der Waals surface area (Å²) < 4.78 is 44.9. The number of nitrogens with zero attached hydrogens (tertiary/aromatic N) is 1. The molecule has 0 aromatic heterocycles. The van der Waals surface area contributed by atoms with Gasteiger partial charge in [-0.1, -0.05) is 30.3 Å². The van der Waals surface area contributed by atoms with E-state index in [2.05, 4.69) is 5.32 Å². The number of para-hydroxylation sites is 2. The minimum Gasteiger partial charge on any atom is -0.455 e. The zero-order chi connectivity index (χ0) is 20.1. The summed E-state index contributed by atoms with van der Waals surface area (Å²) in [6.07, 6.45) is 0. The Balaban J connectivity index is 1.77. The number of ether oxygens (including phenoxy) is 1. The van der Waals surface area contributed by atoms with Crippen LogP contribution in [0, 0.1) is 5.82 Å². The van der Waals surface area contributed by atoms with E-state index >= 15 is 0 Å². The van der Waals surface area contributed by atoms with Gasteiger partial charge in [-0.3, -0.25) is 0 Å². The molecule has 0 fully saturated rings. The van der Waals surface area contributed by atoms with Crippen LogP contribution in [0.15, 0.2) is 77.7 Å². The van der Waals surface area contributed by atoms with Crippen LogP contribution in [0.5, 0.6) is 11.5 Å². The van der Waals surface area contributed by atoms with Crippen molar-refractivity contribution in [3.63, 3.8) is 0 Å². The molecule has 5 nitrogen and oxygen atoms in total. The van der Waals surface area contributed by atoms with Crippen LogP contribution in [0.2, 0.25) is 0 Å². The summed E-state index contributed by atoms with van der Waals surface area (Å²) in [6.45, 7) is 0.403. The van der Waals surface area contributed by atoms with E-state index in [1.54, 1.807) is 36.4 Å². The molecule has 0 spiro atoms. The topological polar surface area (TPSA) is 58.6 Å². The Bertz CT molecular complexity index is 1070. The molecule has 3 aromatic rings. The molecule has 3 aromatic carbocycles. The number of rotatable bonds is 7. The molecule has 7 heteroatoms. The van der Waals surface area contributed by atoms with E-state index in [9.17, 15) is 12.8 Å². The molecule has 0 aliphatic rings. The van der Waals surface area contributed by atoms with Gasteiger partial charge in [-0.05, 0) is 42.0 Å². The smallest absolute Gasteiger partial charge is 0.242 e. The maximum atomic E-state index is 13.4. The Morgan fingerprint density at radius 2 is 1.71 bits per heavy atom. The van der Waals surface area contributed by atoms with Crippen LogP contribution in [-0.2, 0) is 16.6 Å². The summed E-state index contributed by atoms with van der Waals surface area (Å²) in [5.41, 5.74) is 1.52. The van der Waals surface area contributed by atoms with Crippen molar-refractivity contribution in [1.29, 1.82) is 0 Å². The Morgan fingerprint density at radius 3 is 2.46 bits per heavy atom. The second-order valence-electron chi connectivity index (χ2n) is 6.34. The lowest BCUT2D eigenvalue weighted by Crippen LogP contribution is -2.22. The third-order valence-electron chi connectivity index (χ3n) is 4.07. The van der Waals surface area contributed by atoms with Gasteiger partial charge in [0.25, 0.3) is 0 Å². The minimum atomic E-state index is -3.49. The molecule has 0 unspecified atom stereocenters. The summed E-state index contributed by atoms with van der Waals surface area (Å²) in [5, 5.41) is 3.25. The first-order chi connectivity index (χ1) is 13.4. The fourth-order valence-electron chi connectivity index (χ4n) is 2.58. The highest BCUT2D eigenvalue weighted by atomic mass is 32.2. The predicted molar refractivity (Wildman–Crippen MR) is 108 cm³/mol. The van der Waals surface area contributed by atoms with Crippen molar-refractivity contribution < 1.29 is 17.5 Å². The molecule has 0 amide bonds. The maximum Gasteiger partial charge on any atom is 0.242 e. The van der Waals surface area contributed by atoms with Gasteiger partial charge in [-0.2, -0.15) is 0 Å². The highest BCUT2D eigenvalue weighted by molar-refractivity contribution is 7.89. The van der Waals surface area contributed by atoms with Gasteiger partial charge in [0, 0.05) is 26.7 Å². The number of sulfonamides is 1. The third-order valence-corrected chi connectivity index (χ3v) is 5.88. The highest BCUT2D eigenvalue weighted by Gasteiger charge is 2.17. The van der Waals surface area contributed by atoms with Gasteiger partial charge < -0.3 is 10.1 Å². The molecular formula is C21H21FN2O3S. The normalized spacial score (nSPS) is 11.4. The van der Waals surface area contributed by atoms with Crippen LogP contribution < -0.4 is 10.1 Å². The lowest BCUT2D eigenvalue weighted by molar-refractivity contribution is 0.478. The van der Waals surface area contributed by atoms with Crippen LogP contribution >= 0.6 is 0 Å². The van der Waals surface area contributed by atoms with Gasteiger partial charge >= 0.3 is 0 Å². The number of halogens is 1. The van der Waals surface area contributed by atoms with Crippen molar-refractivity contribution in [3.05, 3.63) is 84.2 Å². The van der Waals surface area contributed by atoms with Gasteiger partial charge in [0.2, 0.25) is 10.0 Å². The molecule has 1 N–H and O–H groups in total. The molecule has 0 saturated carbocycles. The van der Waals surface area contributed by atoms with E-state index in [0.717, 1.165) is 5.56 Å². The van der Waals surface area contributed by atoms with Gasteiger partial charge in [0.15, 0.2) is 5.75 Å². The summed E-state index contributed by atoms with van der Waals surface area (Å²) >= 11 is 0. The largest absolute Gasteiger partial charge is 0.455 e. The molecule has 0 aliphatic heterocycles. The number of hydrogen-bond donors (Lipinski definition) is 1. The van der Waals surface area contributed by atoms with Crippen LogP contribution in [0.1, 0.15) is 5.56 Å². The van der Waals surface area contributed by atoms with Crippen LogP contribution in [-0.4, -0.2) is 26.8 Å². The predicted octanol–water partition coefficient (Wildman–Crippen LogP) is 4.48. The fraction of sp³-hybridized carbons (Fsp3) is 0.143. The molecular weight excluding hydrogens is 379 g/mol. The summed E-state index contributed by atoms with van der Waals surface area (Å²) in [6, 6.07) is 20.0. The van der Waals surface area contributed by atoms with Gasteiger partial charge in [0.05, 0.1) is 10.6 Å². The average Bonchev–Trinajstić information content (AvgIpc) is 2.67. The van der Waals surface area contributed by atoms with Crippen LogP contribution in [0.3, 0.4) is 0 Å². The zero-order valence-corrected chi connectivity index (χ0v) is 16.4. The zero-order valence-electron chi connectivity index (χ0n) is 15.6. The quantitative estimate of drug-likeness (QED) is 0.635. The van der Waals surface area contributed by atoms with Gasteiger partial charge in [-0.25, -0.2) is 17.1 Å². The molecule has 0 saturated heterocycles. The third kappa shape index (κ3) is 4.68. The SMILES string of the molecule is CN(C)S(=O)(=O)c1cccc(CNc2ccccc2Oc2cccc(F)c2)c1. The Hall–Kier alpha value is -2.90. The van der Waals surface area contributed by atoms with Crippen molar-refractivity contribution in [3.8, 4) is 11.5 Å². The maximum absolute atomic E-state index is 13.4.